The average Bonchev–Trinajstić information content (AvgIpc) is 2.86. The second kappa shape index (κ2) is 5.45. The first-order valence-electron chi connectivity index (χ1n) is 6.10. The van der Waals surface area contributed by atoms with Gasteiger partial charge in [-0.1, -0.05) is 6.07 Å². The number of fused-ring (bicyclic) bond motifs is 1. The second-order valence-electron chi connectivity index (χ2n) is 4.14. The van der Waals surface area contributed by atoms with Crippen LogP contribution in [0.2, 0.25) is 0 Å². The molecular weight excluding hydrogens is 274 g/mol. The summed E-state index contributed by atoms with van der Waals surface area (Å²) >= 11 is 0. The number of amides is 1. The maximum Gasteiger partial charge on any atom is 0.410 e. The van der Waals surface area contributed by atoms with Gasteiger partial charge < -0.3 is 9.84 Å². The van der Waals surface area contributed by atoms with Crippen molar-refractivity contribution in [3.63, 3.8) is 0 Å². The summed E-state index contributed by atoms with van der Waals surface area (Å²) in [4.78, 5) is 18.8. The summed E-state index contributed by atoms with van der Waals surface area (Å²) in [5, 5.41) is 15.0. The van der Waals surface area contributed by atoms with Gasteiger partial charge in [-0.3, -0.25) is 10.3 Å². The Kier molecular flexibility index (Phi) is 3.34. The fourth-order valence-electron chi connectivity index (χ4n) is 1.74. The van der Waals surface area contributed by atoms with Crippen molar-refractivity contribution in [1.29, 1.82) is 0 Å². The lowest BCUT2D eigenvalue weighted by molar-refractivity contribution is 0.209. The Morgan fingerprint density at radius 1 is 1.33 bits per heavy atom. The lowest BCUT2D eigenvalue weighted by Gasteiger charge is -2.04. The van der Waals surface area contributed by atoms with E-state index in [1.807, 2.05) is 18.2 Å². The fourth-order valence-corrected chi connectivity index (χ4v) is 1.74. The standard InChI is InChI=1S/C13H11N5O3/c19-13(20)16-10-7-18-11(15-10)4-5-12(17-18)21-8-9-3-1-2-6-14-9/h1-7,16H,8H2,(H,19,20). The van der Waals surface area contributed by atoms with Crippen molar-refractivity contribution in [2.45, 2.75) is 6.61 Å². The van der Waals surface area contributed by atoms with Crippen LogP contribution in [-0.4, -0.2) is 30.8 Å². The smallest absolute Gasteiger partial charge is 0.410 e. The first kappa shape index (κ1) is 12.9. The summed E-state index contributed by atoms with van der Waals surface area (Å²) in [7, 11) is 0. The van der Waals surface area contributed by atoms with Crippen LogP contribution < -0.4 is 10.1 Å². The van der Waals surface area contributed by atoms with Crippen LogP contribution in [0.1, 0.15) is 5.69 Å². The molecule has 3 heterocycles. The molecule has 8 nitrogen and oxygen atoms in total. The Morgan fingerprint density at radius 3 is 3.00 bits per heavy atom. The molecule has 0 aromatic carbocycles. The zero-order chi connectivity index (χ0) is 14.7. The van der Waals surface area contributed by atoms with Gasteiger partial charge >= 0.3 is 6.09 Å². The second-order valence-corrected chi connectivity index (χ2v) is 4.14. The Hall–Kier alpha value is -3.16. The summed E-state index contributed by atoms with van der Waals surface area (Å²) in [6, 6.07) is 8.91. The molecule has 1 amide bonds. The summed E-state index contributed by atoms with van der Waals surface area (Å²) in [6.07, 6.45) is 1.98. The van der Waals surface area contributed by atoms with E-state index in [0.29, 0.717) is 18.1 Å². The summed E-state index contributed by atoms with van der Waals surface area (Å²) in [5.74, 6) is 0.601. The molecule has 0 aliphatic rings. The van der Waals surface area contributed by atoms with Gasteiger partial charge in [0.05, 0.1) is 11.9 Å². The fraction of sp³-hybridized carbons (Fsp3) is 0.0769. The van der Waals surface area contributed by atoms with Crippen molar-refractivity contribution in [2.24, 2.45) is 0 Å². The highest BCUT2D eigenvalue weighted by Gasteiger charge is 2.06. The Morgan fingerprint density at radius 2 is 2.24 bits per heavy atom. The summed E-state index contributed by atoms with van der Waals surface area (Å²) < 4.78 is 6.98. The van der Waals surface area contributed by atoms with E-state index in [-0.39, 0.29) is 5.82 Å². The molecule has 0 unspecified atom stereocenters. The van der Waals surface area contributed by atoms with Crippen molar-refractivity contribution >= 4 is 17.6 Å². The van der Waals surface area contributed by atoms with E-state index < -0.39 is 6.09 Å². The molecule has 21 heavy (non-hydrogen) atoms. The SMILES string of the molecule is O=C(O)Nc1cn2nc(OCc3ccccn3)ccc2n1. The minimum absolute atomic E-state index is 0.205. The van der Waals surface area contributed by atoms with E-state index in [4.69, 9.17) is 9.84 Å². The Bertz CT molecular complexity index is 772. The number of rotatable bonds is 4. The third-order valence-corrected chi connectivity index (χ3v) is 2.62. The van der Waals surface area contributed by atoms with Crippen LogP contribution in [-0.2, 0) is 6.61 Å². The van der Waals surface area contributed by atoms with Crippen LogP contribution in [0.5, 0.6) is 5.88 Å². The Balaban J connectivity index is 1.76. The van der Waals surface area contributed by atoms with E-state index in [1.165, 1.54) is 10.7 Å². The molecule has 0 atom stereocenters. The van der Waals surface area contributed by atoms with Crippen molar-refractivity contribution in [2.75, 3.05) is 5.32 Å². The molecule has 0 bridgehead atoms. The lowest BCUT2D eigenvalue weighted by Crippen LogP contribution is -2.07. The quantitative estimate of drug-likeness (QED) is 0.757. The van der Waals surface area contributed by atoms with Gasteiger partial charge in [0.15, 0.2) is 11.5 Å². The number of ether oxygens (including phenoxy) is 1. The molecule has 0 saturated heterocycles. The number of hydrogen-bond donors (Lipinski definition) is 2. The number of carbonyl (C=O) groups is 1. The molecule has 0 aliphatic carbocycles. The first-order chi connectivity index (χ1) is 10.2. The van der Waals surface area contributed by atoms with Crippen LogP contribution in [0.3, 0.4) is 0 Å². The van der Waals surface area contributed by atoms with Crippen LogP contribution in [0.25, 0.3) is 5.65 Å². The van der Waals surface area contributed by atoms with E-state index in [0.717, 1.165) is 5.69 Å². The lowest BCUT2D eigenvalue weighted by atomic mass is 10.4. The third kappa shape index (κ3) is 3.06. The van der Waals surface area contributed by atoms with Gasteiger partial charge in [0, 0.05) is 12.3 Å². The largest absolute Gasteiger partial charge is 0.470 e. The molecular formula is C13H11N5O3. The number of aromatic nitrogens is 4. The van der Waals surface area contributed by atoms with Gasteiger partial charge in [0.25, 0.3) is 0 Å². The number of hydrogen-bond acceptors (Lipinski definition) is 5. The predicted molar refractivity (Wildman–Crippen MR) is 73.2 cm³/mol. The highest BCUT2D eigenvalue weighted by Crippen LogP contribution is 2.13. The predicted octanol–water partition coefficient (Wildman–Crippen LogP) is 1.79. The van der Waals surface area contributed by atoms with Crippen molar-refractivity contribution in [1.82, 2.24) is 19.6 Å². The first-order valence-corrected chi connectivity index (χ1v) is 6.10. The molecule has 0 saturated carbocycles. The van der Waals surface area contributed by atoms with E-state index in [9.17, 15) is 4.79 Å². The van der Waals surface area contributed by atoms with Crippen LogP contribution in [0.4, 0.5) is 10.6 Å². The average molecular weight is 285 g/mol. The van der Waals surface area contributed by atoms with Crippen LogP contribution in [0, 0.1) is 0 Å². The molecule has 0 aliphatic heterocycles. The number of carboxylic acid groups (broad SMARTS) is 1. The van der Waals surface area contributed by atoms with Gasteiger partial charge in [0.1, 0.15) is 6.61 Å². The molecule has 0 radical (unpaired) electrons. The van der Waals surface area contributed by atoms with E-state index in [2.05, 4.69) is 20.4 Å². The van der Waals surface area contributed by atoms with Gasteiger partial charge in [-0.25, -0.2) is 14.3 Å². The normalized spacial score (nSPS) is 10.5. The minimum Gasteiger partial charge on any atom is -0.470 e. The van der Waals surface area contributed by atoms with Crippen LogP contribution in [0.15, 0.2) is 42.7 Å². The molecule has 3 rings (SSSR count). The summed E-state index contributed by atoms with van der Waals surface area (Å²) in [6.45, 7) is 0.300. The molecule has 3 aromatic rings. The van der Waals surface area contributed by atoms with Gasteiger partial charge in [-0.2, -0.15) is 0 Å². The highest BCUT2D eigenvalue weighted by molar-refractivity contribution is 5.81. The topological polar surface area (TPSA) is 102 Å². The molecule has 8 heteroatoms. The maximum absolute atomic E-state index is 10.6. The number of pyridine rings is 1. The van der Waals surface area contributed by atoms with Gasteiger partial charge in [-0.05, 0) is 18.2 Å². The molecule has 3 aromatic heterocycles. The molecule has 106 valence electrons. The molecule has 0 fully saturated rings. The Labute approximate surface area is 119 Å². The number of anilines is 1. The van der Waals surface area contributed by atoms with E-state index >= 15 is 0 Å². The monoisotopic (exact) mass is 285 g/mol. The minimum atomic E-state index is -1.18. The maximum atomic E-state index is 10.6. The zero-order valence-electron chi connectivity index (χ0n) is 10.8. The number of imidazole rings is 1. The molecule has 2 N–H and O–H groups in total. The van der Waals surface area contributed by atoms with Gasteiger partial charge in [0.2, 0.25) is 5.88 Å². The van der Waals surface area contributed by atoms with Crippen molar-refractivity contribution < 1.29 is 14.6 Å². The highest BCUT2D eigenvalue weighted by atomic mass is 16.5. The van der Waals surface area contributed by atoms with E-state index in [1.54, 1.807) is 18.3 Å². The number of nitrogens with zero attached hydrogens (tertiary/aromatic N) is 4. The number of nitrogens with one attached hydrogen (secondary N) is 1. The zero-order valence-corrected chi connectivity index (χ0v) is 10.8. The van der Waals surface area contributed by atoms with Gasteiger partial charge in [-0.15, -0.1) is 5.10 Å². The van der Waals surface area contributed by atoms with Crippen molar-refractivity contribution in [3.05, 3.63) is 48.4 Å². The molecule has 0 spiro atoms. The summed E-state index contributed by atoms with van der Waals surface area (Å²) in [5.41, 5.74) is 1.31. The van der Waals surface area contributed by atoms with Crippen LogP contribution >= 0.6 is 0 Å². The van der Waals surface area contributed by atoms with Crippen molar-refractivity contribution in [3.8, 4) is 5.88 Å². The third-order valence-electron chi connectivity index (χ3n) is 2.62.